The molecule has 0 aliphatic heterocycles. The second-order valence-corrected chi connectivity index (χ2v) is 0. The molecule has 0 nitrogen and oxygen atoms in total. The quantitative estimate of drug-likeness (QED) is 0.351. The number of hydrogen-bond donors (Lipinski definition) is 0. The molecule has 0 aromatic carbocycles. The third kappa shape index (κ3) is 18.5. The standard InChI is InChI=1S/Ga.2In.Mn.Zn.9H. The predicted octanol–water partition coefficient (Wildman–Crippen LogP) is -3.56. The summed E-state index contributed by atoms with van der Waals surface area (Å²) < 4.78 is 0. The smallest absolute Gasteiger partial charge is 0 e. The van der Waals surface area contributed by atoms with E-state index in [1.807, 2.05) is 0 Å². The van der Waals surface area contributed by atoms with Gasteiger partial charge in [0.15, 0.2) is 0 Å². The maximum absolute atomic E-state index is 0. The SMILES string of the molecule is [GaH3].[InH3].[InH3].[Mn].[Zn]. The van der Waals surface area contributed by atoms with Crippen molar-refractivity contribution in [2.75, 3.05) is 0 Å². The molecule has 0 atom stereocenters. The first-order chi connectivity index (χ1) is 0. The first-order valence-electron chi connectivity index (χ1n) is 0. The van der Waals surface area contributed by atoms with E-state index < -0.39 is 0 Å². The zero-order chi connectivity index (χ0) is 0. The van der Waals surface area contributed by atoms with Crippen LogP contribution in [0.1, 0.15) is 0 Å². The van der Waals surface area contributed by atoms with Crippen LogP contribution < -0.4 is 0 Å². The van der Waals surface area contributed by atoms with E-state index in [1.54, 1.807) is 0 Å². The molecule has 5 heteroatoms. The zero-order valence-corrected chi connectivity index (χ0v) is 5.23. The summed E-state index contributed by atoms with van der Waals surface area (Å²) in [6, 6.07) is 0. The molecule has 0 unspecified atom stereocenters. The van der Waals surface area contributed by atoms with E-state index in [4.69, 9.17) is 0 Å². The Morgan fingerprint density at radius 1 is 0.800 bits per heavy atom. The van der Waals surface area contributed by atoms with Crippen LogP contribution in [0.3, 0.4) is 0 Å². The fraction of sp³-hybridized carbons (Fsp3) is 0. The Bertz CT molecular complexity index is 9.61. The van der Waals surface area contributed by atoms with Crippen molar-refractivity contribution in [1.82, 2.24) is 0 Å². The summed E-state index contributed by atoms with van der Waals surface area (Å²) in [5, 5.41) is 0. The third-order valence-corrected chi connectivity index (χ3v) is 0. The van der Waals surface area contributed by atoms with E-state index in [0.717, 1.165) is 0 Å². The van der Waals surface area contributed by atoms with Gasteiger partial charge in [-0.1, -0.05) is 0 Å². The summed E-state index contributed by atoms with van der Waals surface area (Å²) in [4.78, 5) is 0. The summed E-state index contributed by atoms with van der Waals surface area (Å²) in [5.74, 6) is 0. The first-order valence-corrected chi connectivity index (χ1v) is 0. The van der Waals surface area contributed by atoms with Crippen LogP contribution in [0.5, 0.6) is 0 Å². The molecule has 1 radical (unpaired) electrons. The molecule has 0 saturated heterocycles. The van der Waals surface area contributed by atoms with E-state index in [0.29, 0.717) is 0 Å². The Balaban J connectivity index is 0. The molecule has 0 spiro atoms. The fourth-order valence-corrected chi connectivity index (χ4v) is 0. The molecular weight excluding hydrogens is 420 g/mol. The molecule has 0 heterocycles. The van der Waals surface area contributed by atoms with Crippen molar-refractivity contribution in [3.05, 3.63) is 0 Å². The second kappa shape index (κ2) is 25.8. The average molecular weight is 429 g/mol. The van der Waals surface area contributed by atoms with Gasteiger partial charge >= 0.3 is 71.5 Å². The van der Waals surface area contributed by atoms with E-state index in [9.17, 15) is 0 Å². The van der Waals surface area contributed by atoms with Gasteiger partial charge in [-0.3, -0.25) is 0 Å². The molecule has 0 bridgehead atoms. The Kier molecular flexibility index (Phi) is 201. The van der Waals surface area contributed by atoms with Crippen LogP contribution in [0.4, 0.5) is 0 Å². The molecule has 0 amide bonds. The summed E-state index contributed by atoms with van der Waals surface area (Å²) in [5.41, 5.74) is 0. The molecule has 0 aliphatic carbocycles. The van der Waals surface area contributed by atoms with Gasteiger partial charge in [0.2, 0.25) is 0 Å². The molecule has 27 valence electrons. The van der Waals surface area contributed by atoms with E-state index in [1.165, 1.54) is 0 Å². The van der Waals surface area contributed by atoms with Crippen LogP contribution in [0, 0.1) is 0 Å². The van der Waals surface area contributed by atoms with Gasteiger partial charge in [-0.15, -0.1) is 0 Å². The van der Waals surface area contributed by atoms with Crippen molar-refractivity contribution < 1.29 is 36.5 Å². The number of rotatable bonds is 0. The Morgan fingerprint density at radius 3 is 0.800 bits per heavy atom. The van der Waals surface area contributed by atoms with Gasteiger partial charge in [0, 0.05) is 36.5 Å². The van der Waals surface area contributed by atoms with Crippen LogP contribution >= 0.6 is 0 Å². The van der Waals surface area contributed by atoms with Crippen molar-refractivity contribution in [3.8, 4) is 0 Å². The second-order valence-electron chi connectivity index (χ2n) is 0. The Hall–Kier alpha value is 3.52. The Labute approximate surface area is 106 Å². The van der Waals surface area contributed by atoms with Crippen LogP contribution in [-0.4, -0.2) is 71.5 Å². The average Bonchev–Trinajstić information content (AvgIpc) is 0. The van der Waals surface area contributed by atoms with Crippen LogP contribution in [0.25, 0.3) is 0 Å². The van der Waals surface area contributed by atoms with E-state index in [-0.39, 0.29) is 108 Å². The molecule has 0 aliphatic rings. The third-order valence-electron chi connectivity index (χ3n) is 0. The molecule has 5 heavy (non-hydrogen) atoms. The van der Waals surface area contributed by atoms with Crippen molar-refractivity contribution in [1.29, 1.82) is 0 Å². The maximum Gasteiger partial charge on any atom is 0 e. The largest absolute Gasteiger partial charge is 0 e. The van der Waals surface area contributed by atoms with Gasteiger partial charge in [0.1, 0.15) is 0 Å². The van der Waals surface area contributed by atoms with E-state index >= 15 is 0 Å². The van der Waals surface area contributed by atoms with Gasteiger partial charge < -0.3 is 0 Å². The minimum absolute atomic E-state index is 0. The van der Waals surface area contributed by atoms with Gasteiger partial charge in [0.05, 0.1) is 0 Å². The van der Waals surface area contributed by atoms with Crippen LogP contribution in [-0.2, 0) is 36.5 Å². The van der Waals surface area contributed by atoms with Crippen molar-refractivity contribution in [2.24, 2.45) is 0 Å². The molecular formula is H9GaIn2MnZn. The van der Waals surface area contributed by atoms with E-state index in [2.05, 4.69) is 0 Å². The molecule has 0 rings (SSSR count). The Morgan fingerprint density at radius 2 is 0.800 bits per heavy atom. The van der Waals surface area contributed by atoms with Gasteiger partial charge in [-0.2, -0.15) is 0 Å². The van der Waals surface area contributed by atoms with Crippen molar-refractivity contribution in [2.45, 2.75) is 0 Å². The maximum atomic E-state index is 0. The molecule has 0 aromatic rings. The van der Waals surface area contributed by atoms with Gasteiger partial charge in [0.25, 0.3) is 0 Å². The van der Waals surface area contributed by atoms with Crippen LogP contribution in [0.2, 0.25) is 0 Å². The topological polar surface area (TPSA) is 0 Å². The summed E-state index contributed by atoms with van der Waals surface area (Å²) in [6.45, 7) is 0. The fourth-order valence-electron chi connectivity index (χ4n) is 0. The normalized spacial score (nSPS) is 0. The minimum Gasteiger partial charge on any atom is 0 e. The summed E-state index contributed by atoms with van der Waals surface area (Å²) in [7, 11) is 0. The monoisotopic (exact) mass is 427 g/mol. The zero-order valence-electron chi connectivity index (χ0n) is 1.09. The number of hydrogen-bond acceptors (Lipinski definition) is 0. The molecule has 0 aromatic heterocycles. The van der Waals surface area contributed by atoms with Gasteiger partial charge in [-0.05, 0) is 0 Å². The molecule has 0 fully saturated rings. The minimum atomic E-state index is 0. The van der Waals surface area contributed by atoms with Crippen molar-refractivity contribution >= 4 is 71.5 Å². The van der Waals surface area contributed by atoms with Gasteiger partial charge in [-0.25, -0.2) is 0 Å². The first kappa shape index (κ1) is 38.9. The molecule has 0 saturated carbocycles. The summed E-state index contributed by atoms with van der Waals surface area (Å²) in [6.07, 6.45) is 0. The van der Waals surface area contributed by atoms with Crippen molar-refractivity contribution in [3.63, 3.8) is 0 Å². The summed E-state index contributed by atoms with van der Waals surface area (Å²) >= 11 is 0. The predicted molar refractivity (Wildman–Crippen MR) is 29.8 cm³/mol. The van der Waals surface area contributed by atoms with Crippen LogP contribution in [0.15, 0.2) is 0 Å². The molecule has 0 N–H and O–H groups in total.